The van der Waals surface area contributed by atoms with E-state index in [1.807, 2.05) is 16.6 Å². The number of nitrogens with zero attached hydrogens (tertiary/aromatic N) is 4. The number of fused-ring (bicyclic) bond motifs is 1. The highest BCUT2D eigenvalue weighted by Crippen LogP contribution is 2.33. The molecule has 5 nitrogen and oxygen atoms in total. The normalized spacial score (nSPS) is 11.6. The maximum absolute atomic E-state index is 6.07. The topological polar surface area (TPSA) is 69.6 Å². The zero-order valence-electron chi connectivity index (χ0n) is 9.21. The third-order valence-electron chi connectivity index (χ3n) is 2.68. The second kappa shape index (κ2) is 4.78. The van der Waals surface area contributed by atoms with Crippen LogP contribution in [0.1, 0.15) is 0 Å². The molecule has 18 heavy (non-hydrogen) atoms. The summed E-state index contributed by atoms with van der Waals surface area (Å²) in [5.41, 5.74) is 9.68. The predicted octanol–water partition coefficient (Wildman–Crippen LogP) is 2.87. The summed E-state index contributed by atoms with van der Waals surface area (Å²) in [6, 6.07) is 5.85. The van der Waals surface area contributed by atoms with E-state index < -0.39 is 0 Å². The predicted molar refractivity (Wildman–Crippen MR) is 82.9 cm³/mol. The molecule has 0 radical (unpaired) electrons. The SMILES string of the molecule is Nc1cc(-c2ccncn2)cc2c1cnn2PI. The molecule has 7 heteroatoms. The molecule has 0 saturated heterocycles. The summed E-state index contributed by atoms with van der Waals surface area (Å²) in [4.78, 5) is 8.16. The van der Waals surface area contributed by atoms with Crippen LogP contribution in [-0.2, 0) is 0 Å². The number of rotatable bonds is 2. The van der Waals surface area contributed by atoms with Crippen LogP contribution in [0, 0.1) is 0 Å². The van der Waals surface area contributed by atoms with Gasteiger partial charge in [-0.1, -0.05) is 0 Å². The highest BCUT2D eigenvalue weighted by atomic mass is 127. The third kappa shape index (κ3) is 1.95. The first-order chi connectivity index (χ1) is 8.79. The molecule has 0 aliphatic carbocycles. The summed E-state index contributed by atoms with van der Waals surface area (Å²) >= 11 is 2.30. The van der Waals surface area contributed by atoms with Gasteiger partial charge in [0.05, 0.1) is 23.8 Å². The molecule has 0 saturated carbocycles. The molecule has 3 aromatic rings. The largest absolute Gasteiger partial charge is 0.398 e. The number of nitrogen functional groups attached to an aromatic ring is 1. The summed E-state index contributed by atoms with van der Waals surface area (Å²) in [5.74, 6) is 0. The Bertz CT molecular complexity index is 697. The van der Waals surface area contributed by atoms with E-state index in [1.54, 1.807) is 12.4 Å². The van der Waals surface area contributed by atoms with Gasteiger partial charge in [0.1, 0.15) is 6.33 Å². The van der Waals surface area contributed by atoms with Crippen molar-refractivity contribution >= 4 is 45.0 Å². The van der Waals surface area contributed by atoms with Gasteiger partial charge in [-0.3, -0.25) is 0 Å². The third-order valence-corrected chi connectivity index (χ3v) is 4.57. The Labute approximate surface area is 118 Å². The van der Waals surface area contributed by atoms with Gasteiger partial charge in [0, 0.05) is 22.8 Å². The summed E-state index contributed by atoms with van der Waals surface area (Å²) in [7, 11) is 0. The number of benzene rings is 1. The monoisotopic (exact) mass is 369 g/mol. The van der Waals surface area contributed by atoms with Crippen molar-refractivity contribution in [2.24, 2.45) is 0 Å². The fraction of sp³-hybridized carbons (Fsp3) is 0. The minimum Gasteiger partial charge on any atom is -0.398 e. The van der Waals surface area contributed by atoms with Gasteiger partial charge >= 0.3 is 0 Å². The Balaban J connectivity index is 2.26. The van der Waals surface area contributed by atoms with Crippen LogP contribution >= 0.6 is 28.4 Å². The van der Waals surface area contributed by atoms with Crippen molar-refractivity contribution in [3.63, 3.8) is 0 Å². The highest BCUT2D eigenvalue weighted by Gasteiger charge is 2.09. The number of aromatic nitrogens is 4. The molecule has 0 fully saturated rings. The first kappa shape index (κ1) is 11.8. The minimum atomic E-state index is 0.546. The van der Waals surface area contributed by atoms with E-state index in [2.05, 4.69) is 43.2 Å². The lowest BCUT2D eigenvalue weighted by Gasteiger charge is -2.04. The van der Waals surface area contributed by atoms with Crippen molar-refractivity contribution in [1.82, 2.24) is 19.5 Å². The van der Waals surface area contributed by atoms with Crippen molar-refractivity contribution in [1.29, 1.82) is 0 Å². The van der Waals surface area contributed by atoms with Crippen LogP contribution < -0.4 is 5.73 Å². The number of hydrogen-bond donors (Lipinski definition) is 1. The Morgan fingerprint density at radius 1 is 1.33 bits per heavy atom. The van der Waals surface area contributed by atoms with Crippen LogP contribution in [-0.4, -0.2) is 19.5 Å². The Morgan fingerprint density at radius 3 is 2.94 bits per heavy atom. The van der Waals surface area contributed by atoms with Gasteiger partial charge in [-0.25, -0.2) is 14.4 Å². The highest BCUT2D eigenvalue weighted by molar-refractivity contribution is 14.2. The van der Waals surface area contributed by atoms with Crippen LogP contribution in [0.2, 0.25) is 0 Å². The fourth-order valence-corrected chi connectivity index (χ4v) is 3.36. The van der Waals surface area contributed by atoms with E-state index in [4.69, 9.17) is 5.73 Å². The maximum atomic E-state index is 6.07. The second-order valence-electron chi connectivity index (χ2n) is 3.73. The number of halogens is 1. The van der Waals surface area contributed by atoms with E-state index in [-0.39, 0.29) is 0 Å². The van der Waals surface area contributed by atoms with Gasteiger partial charge in [-0.2, -0.15) is 5.10 Å². The van der Waals surface area contributed by atoms with Crippen LogP contribution in [0.4, 0.5) is 5.69 Å². The summed E-state index contributed by atoms with van der Waals surface area (Å²) in [5, 5.41) is 5.30. The summed E-state index contributed by atoms with van der Waals surface area (Å²) < 4.78 is 1.94. The van der Waals surface area contributed by atoms with Crippen LogP contribution in [0.15, 0.2) is 36.9 Å². The lowest BCUT2D eigenvalue weighted by molar-refractivity contribution is 1.04. The van der Waals surface area contributed by atoms with Gasteiger partial charge in [-0.15, -0.1) is 0 Å². The maximum Gasteiger partial charge on any atom is 0.116 e. The smallest absolute Gasteiger partial charge is 0.116 e. The van der Waals surface area contributed by atoms with Gasteiger partial charge < -0.3 is 5.73 Å². The number of nitrogens with two attached hydrogens (primary N) is 1. The Kier molecular flexibility index (Phi) is 3.13. The number of hydrogen-bond acceptors (Lipinski definition) is 4. The molecule has 0 aliphatic heterocycles. The van der Waals surface area contributed by atoms with E-state index in [1.165, 1.54) is 6.33 Å². The first-order valence-corrected chi connectivity index (χ1v) is 9.26. The molecule has 0 aliphatic rings. The van der Waals surface area contributed by atoms with Crippen LogP contribution in [0.25, 0.3) is 22.2 Å². The molecule has 2 N–H and O–H groups in total. The van der Waals surface area contributed by atoms with Crippen molar-refractivity contribution < 1.29 is 0 Å². The Morgan fingerprint density at radius 2 is 2.22 bits per heavy atom. The molecule has 3 rings (SSSR count). The zero-order valence-corrected chi connectivity index (χ0v) is 12.4. The van der Waals surface area contributed by atoms with Gasteiger partial charge in [-0.05, 0) is 40.2 Å². The van der Waals surface area contributed by atoms with Crippen molar-refractivity contribution in [2.45, 2.75) is 0 Å². The standard InChI is InChI=1S/C11H9IN5P/c12-18-17-11-4-7(10-1-2-14-6-15-10)3-9(13)8(11)5-16-17/h1-6,18H,13H2. The minimum absolute atomic E-state index is 0.546. The van der Waals surface area contributed by atoms with Crippen LogP contribution in [0.5, 0.6) is 0 Å². The molecule has 0 amide bonds. The van der Waals surface area contributed by atoms with Gasteiger partial charge in [0.25, 0.3) is 0 Å². The van der Waals surface area contributed by atoms with E-state index in [0.717, 1.165) is 27.8 Å². The van der Waals surface area contributed by atoms with Crippen molar-refractivity contribution in [3.8, 4) is 11.3 Å². The second-order valence-corrected chi connectivity index (χ2v) is 5.77. The summed E-state index contributed by atoms with van der Waals surface area (Å²) in [6.07, 6.45) is 5.61. The lowest BCUT2D eigenvalue weighted by atomic mass is 10.1. The molecular weight excluding hydrogens is 360 g/mol. The first-order valence-electron chi connectivity index (χ1n) is 5.20. The van der Waals surface area contributed by atoms with Crippen molar-refractivity contribution in [3.05, 3.63) is 36.9 Å². The molecule has 2 heterocycles. The van der Waals surface area contributed by atoms with Gasteiger partial charge in [0.15, 0.2) is 0 Å². The van der Waals surface area contributed by atoms with Crippen LogP contribution in [0.3, 0.4) is 0 Å². The van der Waals surface area contributed by atoms with E-state index >= 15 is 0 Å². The quantitative estimate of drug-likeness (QED) is 0.429. The molecule has 90 valence electrons. The van der Waals surface area contributed by atoms with Crippen molar-refractivity contribution in [2.75, 3.05) is 5.73 Å². The lowest BCUT2D eigenvalue weighted by Crippen LogP contribution is -1.91. The molecule has 0 bridgehead atoms. The fourth-order valence-electron chi connectivity index (χ4n) is 1.83. The van der Waals surface area contributed by atoms with E-state index in [0.29, 0.717) is 6.37 Å². The van der Waals surface area contributed by atoms with E-state index in [9.17, 15) is 0 Å². The number of anilines is 1. The molecule has 1 aromatic carbocycles. The molecule has 2 aromatic heterocycles. The van der Waals surface area contributed by atoms with Gasteiger partial charge in [0.2, 0.25) is 0 Å². The zero-order chi connectivity index (χ0) is 12.5. The Hall–Kier alpha value is -1.27. The molecule has 1 unspecified atom stereocenters. The summed E-state index contributed by atoms with van der Waals surface area (Å²) in [6.45, 7) is 0. The molecule has 0 spiro atoms. The average molecular weight is 369 g/mol. The molecule has 1 atom stereocenters. The molecular formula is C11H9IN5P. The average Bonchev–Trinajstić information content (AvgIpc) is 2.83.